The summed E-state index contributed by atoms with van der Waals surface area (Å²) in [6, 6.07) is 5.44. The minimum absolute atomic E-state index is 0.119. The number of benzene rings is 1. The van der Waals surface area contributed by atoms with Crippen molar-refractivity contribution in [2.45, 2.75) is 63.6 Å². The van der Waals surface area contributed by atoms with Gasteiger partial charge in [0.25, 0.3) is 0 Å². The van der Waals surface area contributed by atoms with Crippen LogP contribution in [0.5, 0.6) is 5.88 Å². The number of alkyl halides is 3. The fraction of sp³-hybridized carbons (Fsp3) is 0.464. The van der Waals surface area contributed by atoms with E-state index in [4.69, 9.17) is 14.0 Å². The lowest BCUT2D eigenvalue weighted by Crippen LogP contribution is -2.58. The summed E-state index contributed by atoms with van der Waals surface area (Å²) in [6.45, 7) is 7.26. The van der Waals surface area contributed by atoms with Crippen LogP contribution in [0.2, 0.25) is 0 Å². The van der Waals surface area contributed by atoms with Crippen LogP contribution < -0.4 is 10.1 Å². The number of alkyl carbamates (subject to hydrolysis) is 1. The highest BCUT2D eigenvalue weighted by atomic mass is 32.2. The van der Waals surface area contributed by atoms with Crippen LogP contribution in [-0.2, 0) is 20.0 Å². The van der Waals surface area contributed by atoms with Crippen molar-refractivity contribution >= 4 is 21.7 Å². The number of hydrogen-bond acceptors (Lipinski definition) is 10. The number of hydrogen-bond donors (Lipinski definition) is 1. The minimum Gasteiger partial charge on any atom is -0.480 e. The number of rotatable bonds is 5. The van der Waals surface area contributed by atoms with Crippen LogP contribution >= 0.6 is 0 Å². The Labute approximate surface area is 251 Å². The van der Waals surface area contributed by atoms with Crippen LogP contribution in [0.3, 0.4) is 0 Å². The molecule has 0 bridgehead atoms. The third kappa shape index (κ3) is 7.00. The van der Waals surface area contributed by atoms with Gasteiger partial charge in [-0.2, -0.15) is 13.2 Å². The number of carbonyl (C=O) groups is 1. The van der Waals surface area contributed by atoms with E-state index in [1.165, 1.54) is 52.4 Å². The molecule has 238 valence electrons. The van der Waals surface area contributed by atoms with Gasteiger partial charge in [0.1, 0.15) is 45.5 Å². The van der Waals surface area contributed by atoms with Crippen LogP contribution in [0.15, 0.2) is 50.5 Å². The first-order valence-corrected chi connectivity index (χ1v) is 14.9. The normalized spacial score (nSPS) is 21.8. The van der Waals surface area contributed by atoms with E-state index in [9.17, 15) is 22.2 Å². The summed E-state index contributed by atoms with van der Waals surface area (Å²) in [5.41, 5.74) is -1.76. The predicted molar refractivity (Wildman–Crippen MR) is 154 cm³/mol. The zero-order chi connectivity index (χ0) is 32.7. The molecule has 1 aliphatic heterocycles. The van der Waals surface area contributed by atoms with Gasteiger partial charge < -0.3 is 14.0 Å². The largest absolute Gasteiger partial charge is 0.480 e. The van der Waals surface area contributed by atoms with Gasteiger partial charge >= 0.3 is 12.3 Å². The third-order valence-corrected chi connectivity index (χ3v) is 10.0. The Balaban J connectivity index is 1.82. The Kier molecular flexibility index (Phi) is 8.54. The maximum atomic E-state index is 15.5. The lowest BCUT2D eigenvalue weighted by molar-refractivity contribution is -0.117. The Morgan fingerprint density at radius 1 is 1.11 bits per heavy atom. The molecule has 3 heterocycles. The van der Waals surface area contributed by atoms with Crippen LogP contribution in [0, 0.1) is 5.82 Å². The van der Waals surface area contributed by atoms with E-state index in [1.807, 2.05) is 0 Å². The fourth-order valence-corrected chi connectivity index (χ4v) is 6.92. The SMILES string of the molecule is COc1cnc(-c2cc(-c3ccc(F)c([C@]4(C)C[S@](=O)(=NCC(F)(F)F)C(C)(C)C(NC(=O)OC(C)(C)C)=N4)c3)on2)cn1. The van der Waals surface area contributed by atoms with Crippen molar-refractivity contribution in [3.63, 3.8) is 0 Å². The van der Waals surface area contributed by atoms with E-state index >= 15 is 4.39 Å². The number of aromatic nitrogens is 3. The summed E-state index contributed by atoms with van der Waals surface area (Å²) in [4.78, 5) is 25.6. The van der Waals surface area contributed by atoms with Crippen molar-refractivity contribution in [3.8, 4) is 28.6 Å². The molecule has 1 N–H and O–H groups in total. The molecule has 4 rings (SSSR count). The molecule has 0 unspecified atom stereocenters. The monoisotopic (exact) mass is 640 g/mol. The summed E-state index contributed by atoms with van der Waals surface area (Å²) in [6.07, 6.45) is -2.91. The molecule has 2 atom stereocenters. The summed E-state index contributed by atoms with van der Waals surface area (Å²) in [5, 5.41) is 6.43. The number of methoxy groups -OCH3 is 1. The molecule has 0 aliphatic carbocycles. The minimum atomic E-state index is -4.76. The molecule has 0 fully saturated rings. The Morgan fingerprint density at radius 3 is 2.41 bits per heavy atom. The van der Waals surface area contributed by atoms with Gasteiger partial charge in [-0.05, 0) is 59.7 Å². The van der Waals surface area contributed by atoms with Gasteiger partial charge in [-0.25, -0.2) is 27.7 Å². The Bertz CT molecular complexity index is 1710. The maximum Gasteiger partial charge on any atom is 0.413 e. The second kappa shape index (κ2) is 11.4. The molecular formula is C28H32F4N6O5S. The molecule has 1 amide bonds. The smallest absolute Gasteiger partial charge is 0.413 e. The molecule has 44 heavy (non-hydrogen) atoms. The third-order valence-electron chi connectivity index (χ3n) is 6.72. The van der Waals surface area contributed by atoms with Gasteiger partial charge in [0.05, 0.1) is 35.0 Å². The van der Waals surface area contributed by atoms with E-state index < -0.39 is 56.0 Å². The van der Waals surface area contributed by atoms with Crippen LogP contribution in [0.4, 0.5) is 22.4 Å². The molecule has 0 spiro atoms. The lowest BCUT2D eigenvalue weighted by Gasteiger charge is -2.42. The molecule has 0 radical (unpaired) electrons. The van der Waals surface area contributed by atoms with Gasteiger partial charge in [0.2, 0.25) is 5.88 Å². The number of halogens is 4. The first kappa shape index (κ1) is 32.8. The summed E-state index contributed by atoms with van der Waals surface area (Å²) >= 11 is 0. The maximum absolute atomic E-state index is 15.5. The van der Waals surface area contributed by atoms with E-state index in [1.54, 1.807) is 26.8 Å². The second-order valence-corrected chi connectivity index (χ2v) is 14.6. The molecular weight excluding hydrogens is 608 g/mol. The Morgan fingerprint density at radius 2 is 1.82 bits per heavy atom. The first-order valence-electron chi connectivity index (χ1n) is 13.3. The molecule has 0 saturated heterocycles. The number of aliphatic imine (C=N–C) groups is 1. The predicted octanol–water partition coefficient (Wildman–Crippen LogP) is 5.91. The summed E-state index contributed by atoms with van der Waals surface area (Å²) in [7, 11) is -2.41. The van der Waals surface area contributed by atoms with E-state index in [2.05, 4.69) is 29.8 Å². The quantitative estimate of drug-likeness (QED) is 0.340. The average molecular weight is 641 g/mol. The van der Waals surface area contributed by atoms with Crippen LogP contribution in [-0.4, -0.2) is 67.2 Å². The zero-order valence-corrected chi connectivity index (χ0v) is 25.9. The van der Waals surface area contributed by atoms with Crippen LogP contribution in [0.25, 0.3) is 22.7 Å². The van der Waals surface area contributed by atoms with E-state index in [0.29, 0.717) is 22.8 Å². The van der Waals surface area contributed by atoms with Crippen molar-refractivity contribution in [1.29, 1.82) is 0 Å². The molecule has 16 heteroatoms. The number of carbonyl (C=O) groups excluding carboxylic acids is 1. The average Bonchev–Trinajstić information content (AvgIpc) is 3.40. The highest BCUT2D eigenvalue weighted by Crippen LogP contribution is 2.41. The molecule has 11 nitrogen and oxygen atoms in total. The van der Waals surface area contributed by atoms with Crippen molar-refractivity contribution in [2.24, 2.45) is 9.36 Å². The molecule has 1 aromatic carbocycles. The van der Waals surface area contributed by atoms with Gasteiger partial charge in [0.15, 0.2) is 5.76 Å². The zero-order valence-electron chi connectivity index (χ0n) is 25.1. The number of amidine groups is 1. The molecule has 0 saturated carbocycles. The summed E-state index contributed by atoms with van der Waals surface area (Å²) in [5.74, 6) is -1.12. The van der Waals surface area contributed by atoms with Gasteiger partial charge in [-0.1, -0.05) is 5.16 Å². The van der Waals surface area contributed by atoms with E-state index in [0.717, 1.165) is 6.07 Å². The van der Waals surface area contributed by atoms with Crippen molar-refractivity contribution < 1.29 is 40.6 Å². The van der Waals surface area contributed by atoms with E-state index in [-0.39, 0.29) is 17.2 Å². The molecule has 3 aromatic rings. The number of nitrogens with one attached hydrogen (secondary N) is 1. The second-order valence-electron chi connectivity index (χ2n) is 11.8. The van der Waals surface area contributed by atoms with Gasteiger partial charge in [-0.3, -0.25) is 10.3 Å². The number of amides is 1. The Hall–Kier alpha value is -4.08. The lowest BCUT2D eigenvalue weighted by atomic mass is 9.91. The molecule has 2 aromatic heterocycles. The standard InChI is InChI=1S/C28H32F4N6O5S/c1-25(2,3)42-24(39)36-23-26(4,5)44(40,35-14-28(30,31)32)15-27(6,37-23)17-10-16(8-9-18(17)29)21-11-19(38-43-21)20-12-34-22(41-7)13-33-20/h8-13H,14-15H2,1-7H3,(H,36,37,39)/t27-,44+/m0/s1. The van der Waals surface area contributed by atoms with Gasteiger partial charge in [0, 0.05) is 17.2 Å². The highest BCUT2D eigenvalue weighted by molar-refractivity contribution is 7.95. The molecule has 1 aliphatic rings. The number of nitrogens with zero attached hydrogens (tertiary/aromatic N) is 5. The van der Waals surface area contributed by atoms with Gasteiger partial charge in [-0.15, -0.1) is 0 Å². The van der Waals surface area contributed by atoms with Crippen molar-refractivity contribution in [2.75, 3.05) is 19.4 Å². The summed E-state index contributed by atoms with van der Waals surface area (Å²) < 4.78 is 87.4. The fourth-order valence-electron chi connectivity index (χ4n) is 4.40. The van der Waals surface area contributed by atoms with Crippen molar-refractivity contribution in [1.82, 2.24) is 20.4 Å². The topological polar surface area (TPSA) is 141 Å². The van der Waals surface area contributed by atoms with Crippen LogP contribution in [0.1, 0.15) is 47.1 Å². The van der Waals surface area contributed by atoms with Crippen molar-refractivity contribution in [3.05, 3.63) is 48.0 Å². The highest BCUT2D eigenvalue weighted by Gasteiger charge is 2.50. The number of ether oxygens (including phenoxy) is 2. The first-order chi connectivity index (χ1) is 20.3.